The molecule has 0 aliphatic heterocycles. The van der Waals surface area contributed by atoms with Gasteiger partial charge in [-0.3, -0.25) is 0 Å². The van der Waals surface area contributed by atoms with Crippen molar-refractivity contribution in [3.8, 4) is 11.1 Å². The van der Waals surface area contributed by atoms with Crippen molar-refractivity contribution in [3.63, 3.8) is 0 Å². The Morgan fingerprint density at radius 3 is 2.54 bits per heavy atom. The highest BCUT2D eigenvalue weighted by molar-refractivity contribution is 5.60. The monoisotopic (exact) mass is 170 g/mol. The van der Waals surface area contributed by atoms with Crippen LogP contribution in [-0.4, -0.2) is 0 Å². The van der Waals surface area contributed by atoms with E-state index in [0.717, 1.165) is 15.9 Å². The van der Waals surface area contributed by atoms with Crippen LogP contribution < -0.4 is 4.73 Å². The van der Waals surface area contributed by atoms with Gasteiger partial charge in [-0.05, 0) is 17.7 Å². The molecule has 1 aromatic carbocycles. The zero-order valence-corrected chi connectivity index (χ0v) is 6.97. The van der Waals surface area contributed by atoms with E-state index in [9.17, 15) is 5.21 Å². The first-order chi connectivity index (χ1) is 6.36. The maximum absolute atomic E-state index is 11.0. The molecular formula is C11H8NO. The van der Waals surface area contributed by atoms with Crippen molar-refractivity contribution in [2.45, 2.75) is 0 Å². The predicted octanol–water partition coefficient (Wildman–Crippen LogP) is 1.79. The maximum atomic E-state index is 11.0. The van der Waals surface area contributed by atoms with Gasteiger partial charge in [-0.25, -0.2) is 0 Å². The second-order valence-electron chi connectivity index (χ2n) is 2.74. The minimum Gasteiger partial charge on any atom is -0.619 e. The molecule has 0 unspecified atom stereocenters. The van der Waals surface area contributed by atoms with Crippen molar-refractivity contribution < 1.29 is 4.73 Å². The van der Waals surface area contributed by atoms with E-state index in [4.69, 9.17) is 0 Å². The first kappa shape index (κ1) is 7.80. The van der Waals surface area contributed by atoms with Crippen LogP contribution in [0.2, 0.25) is 0 Å². The summed E-state index contributed by atoms with van der Waals surface area (Å²) in [4.78, 5) is 0. The van der Waals surface area contributed by atoms with E-state index < -0.39 is 0 Å². The van der Waals surface area contributed by atoms with E-state index in [0.29, 0.717) is 0 Å². The summed E-state index contributed by atoms with van der Waals surface area (Å²) in [5.74, 6) is 0. The zero-order chi connectivity index (χ0) is 9.10. The lowest BCUT2D eigenvalue weighted by molar-refractivity contribution is -0.604. The van der Waals surface area contributed by atoms with Crippen molar-refractivity contribution in [2.75, 3.05) is 0 Å². The van der Waals surface area contributed by atoms with Gasteiger partial charge >= 0.3 is 0 Å². The number of rotatable bonds is 1. The quantitative estimate of drug-likeness (QED) is 0.473. The summed E-state index contributed by atoms with van der Waals surface area (Å²) in [5.41, 5.74) is 1.95. The average Bonchev–Trinajstić information content (AvgIpc) is 2.19. The molecule has 0 saturated heterocycles. The Morgan fingerprint density at radius 2 is 1.85 bits per heavy atom. The second-order valence-corrected chi connectivity index (χ2v) is 2.74. The van der Waals surface area contributed by atoms with Crippen LogP contribution >= 0.6 is 0 Å². The summed E-state index contributed by atoms with van der Waals surface area (Å²) in [6.07, 6.45) is 3.02. The smallest absolute Gasteiger partial charge is 0.188 e. The van der Waals surface area contributed by atoms with E-state index in [2.05, 4.69) is 6.07 Å². The molecule has 0 amide bonds. The van der Waals surface area contributed by atoms with Gasteiger partial charge in [-0.1, -0.05) is 24.3 Å². The summed E-state index contributed by atoms with van der Waals surface area (Å²) in [5, 5.41) is 11.0. The molecule has 2 heteroatoms. The molecule has 2 aromatic rings. The molecule has 1 radical (unpaired) electrons. The van der Waals surface area contributed by atoms with Crippen molar-refractivity contribution in [1.82, 2.24) is 0 Å². The molecule has 0 aliphatic rings. The molecule has 0 fully saturated rings. The third-order valence-electron chi connectivity index (χ3n) is 1.83. The molecule has 0 N–H and O–H groups in total. The van der Waals surface area contributed by atoms with Crippen LogP contribution in [0.4, 0.5) is 0 Å². The Bertz CT molecular complexity index is 398. The molecular weight excluding hydrogens is 162 g/mol. The van der Waals surface area contributed by atoms with Gasteiger partial charge in [0, 0.05) is 11.6 Å². The zero-order valence-electron chi connectivity index (χ0n) is 6.97. The van der Waals surface area contributed by atoms with E-state index in [1.807, 2.05) is 30.3 Å². The number of pyridine rings is 1. The second kappa shape index (κ2) is 3.27. The molecule has 63 valence electrons. The van der Waals surface area contributed by atoms with Gasteiger partial charge < -0.3 is 5.21 Å². The van der Waals surface area contributed by atoms with Gasteiger partial charge in [-0.2, -0.15) is 4.73 Å². The van der Waals surface area contributed by atoms with Crippen LogP contribution in [0.25, 0.3) is 11.1 Å². The lowest BCUT2D eigenvalue weighted by atomic mass is 10.1. The summed E-state index contributed by atoms with van der Waals surface area (Å²) in [6.45, 7) is 0. The van der Waals surface area contributed by atoms with Gasteiger partial charge in [0.2, 0.25) is 0 Å². The minimum absolute atomic E-state index is 0.798. The third kappa shape index (κ3) is 1.67. The third-order valence-corrected chi connectivity index (χ3v) is 1.83. The standard InChI is InChI=1S/C11H8NO/c13-12-8-4-7-11(9-12)10-5-2-1-3-6-10/h2-9H. The Labute approximate surface area is 76.7 Å². The molecule has 0 spiro atoms. The summed E-state index contributed by atoms with van der Waals surface area (Å²) < 4.78 is 0.798. The number of benzene rings is 1. The number of aromatic nitrogens is 1. The first-order valence-electron chi connectivity index (χ1n) is 4.01. The van der Waals surface area contributed by atoms with Crippen LogP contribution in [0.15, 0.2) is 48.8 Å². The van der Waals surface area contributed by atoms with Crippen LogP contribution in [0.3, 0.4) is 0 Å². The van der Waals surface area contributed by atoms with Gasteiger partial charge in [0.15, 0.2) is 12.4 Å². The molecule has 2 rings (SSSR count). The van der Waals surface area contributed by atoms with Gasteiger partial charge in [-0.15, -0.1) is 0 Å². The Balaban J connectivity index is 2.48. The normalized spacial score (nSPS) is 9.85. The fourth-order valence-corrected chi connectivity index (χ4v) is 1.20. The molecule has 1 aromatic heterocycles. The minimum atomic E-state index is 0.798. The highest BCUT2D eigenvalue weighted by Crippen LogP contribution is 2.15. The summed E-state index contributed by atoms with van der Waals surface area (Å²) in [7, 11) is 0. The number of hydrogen-bond acceptors (Lipinski definition) is 1. The lowest BCUT2D eigenvalue weighted by Gasteiger charge is -2.00. The van der Waals surface area contributed by atoms with Gasteiger partial charge in [0.25, 0.3) is 0 Å². The van der Waals surface area contributed by atoms with Crippen molar-refractivity contribution in [1.29, 1.82) is 0 Å². The molecule has 2 nitrogen and oxygen atoms in total. The summed E-state index contributed by atoms with van der Waals surface area (Å²) >= 11 is 0. The molecule has 0 aliphatic carbocycles. The van der Waals surface area contributed by atoms with E-state index in [-0.39, 0.29) is 0 Å². The lowest BCUT2D eigenvalue weighted by Crippen LogP contribution is -2.23. The molecule has 0 saturated carbocycles. The highest BCUT2D eigenvalue weighted by Gasteiger charge is 1.98. The van der Waals surface area contributed by atoms with Crippen molar-refractivity contribution in [3.05, 3.63) is 60.1 Å². The first-order valence-corrected chi connectivity index (χ1v) is 4.01. The highest BCUT2D eigenvalue weighted by atomic mass is 16.5. The Morgan fingerprint density at radius 1 is 1.08 bits per heavy atom. The molecule has 1 heterocycles. The fraction of sp³-hybridized carbons (Fsp3) is 0. The molecule has 13 heavy (non-hydrogen) atoms. The van der Waals surface area contributed by atoms with Crippen LogP contribution in [0.1, 0.15) is 0 Å². The van der Waals surface area contributed by atoms with E-state index in [1.165, 1.54) is 6.20 Å². The van der Waals surface area contributed by atoms with E-state index >= 15 is 0 Å². The Hall–Kier alpha value is -1.83. The SMILES string of the molecule is [O-][n+]1cccc(-c2cc[c]cc2)c1. The van der Waals surface area contributed by atoms with Crippen LogP contribution in [0.5, 0.6) is 0 Å². The topological polar surface area (TPSA) is 26.9 Å². The predicted molar refractivity (Wildman–Crippen MR) is 49.7 cm³/mol. The maximum Gasteiger partial charge on any atom is 0.188 e. The van der Waals surface area contributed by atoms with Crippen molar-refractivity contribution in [2.24, 2.45) is 0 Å². The van der Waals surface area contributed by atoms with Crippen molar-refractivity contribution >= 4 is 0 Å². The molecule has 0 atom stereocenters. The largest absolute Gasteiger partial charge is 0.619 e. The van der Waals surface area contributed by atoms with Gasteiger partial charge in [0.05, 0.1) is 0 Å². The van der Waals surface area contributed by atoms with E-state index in [1.54, 1.807) is 12.3 Å². The van der Waals surface area contributed by atoms with Gasteiger partial charge in [0.1, 0.15) is 0 Å². The number of nitrogens with zero attached hydrogens (tertiary/aromatic N) is 1. The average molecular weight is 170 g/mol. The van der Waals surface area contributed by atoms with Crippen LogP contribution in [-0.2, 0) is 0 Å². The van der Waals surface area contributed by atoms with Crippen LogP contribution in [0, 0.1) is 11.3 Å². The fourth-order valence-electron chi connectivity index (χ4n) is 1.20. The summed E-state index contributed by atoms with van der Waals surface area (Å²) in [6, 6.07) is 14.1. The number of hydrogen-bond donors (Lipinski definition) is 0. The molecule has 0 bridgehead atoms. The Kier molecular flexibility index (Phi) is 1.96.